The Balaban J connectivity index is 2.16. The molecule has 1 aromatic heterocycles. The summed E-state index contributed by atoms with van der Waals surface area (Å²) in [6.45, 7) is 0. The van der Waals surface area contributed by atoms with Gasteiger partial charge < -0.3 is 0 Å². The van der Waals surface area contributed by atoms with Gasteiger partial charge in [0, 0.05) is 10.7 Å². The van der Waals surface area contributed by atoms with Crippen LogP contribution in [0.1, 0.15) is 20.8 Å². The molecule has 0 unspecified atom stereocenters. The largest absolute Gasteiger partial charge is 0.284 e. The van der Waals surface area contributed by atoms with Gasteiger partial charge in [0.1, 0.15) is 5.69 Å². The van der Waals surface area contributed by atoms with E-state index in [-0.39, 0.29) is 17.5 Å². The minimum atomic E-state index is -0.387. The van der Waals surface area contributed by atoms with E-state index < -0.39 is 0 Å². The molecular weight excluding hydrogens is 296 g/mol. The number of hydrogen-bond acceptors (Lipinski definition) is 3. The van der Waals surface area contributed by atoms with Crippen molar-refractivity contribution >= 4 is 33.4 Å². The summed E-state index contributed by atoms with van der Waals surface area (Å²) in [5.74, 6) is -0.725. The number of benzene rings is 1. The smallest absolute Gasteiger partial charge is 0.268 e. The Hall–Kier alpha value is -2.01. The zero-order valence-electron chi connectivity index (χ0n) is 9.13. The average molecular weight is 303 g/mol. The Bertz CT molecular complexity index is 635. The molecule has 0 saturated heterocycles. The van der Waals surface area contributed by atoms with Crippen molar-refractivity contribution in [1.29, 1.82) is 0 Å². The van der Waals surface area contributed by atoms with Crippen LogP contribution in [0.25, 0.3) is 0 Å². The molecule has 18 heavy (non-hydrogen) atoms. The molecule has 0 spiro atoms. The number of anilines is 1. The molecule has 0 radical (unpaired) electrons. The molecule has 4 nitrogen and oxygen atoms in total. The van der Waals surface area contributed by atoms with Crippen molar-refractivity contribution in [1.82, 2.24) is 4.98 Å². The van der Waals surface area contributed by atoms with Crippen LogP contribution >= 0.6 is 15.9 Å². The van der Waals surface area contributed by atoms with Crippen LogP contribution in [0.4, 0.5) is 5.69 Å². The van der Waals surface area contributed by atoms with Crippen molar-refractivity contribution < 1.29 is 9.59 Å². The molecule has 5 heteroatoms. The summed E-state index contributed by atoms with van der Waals surface area (Å²) in [6.07, 6.45) is 1.51. The van der Waals surface area contributed by atoms with Gasteiger partial charge in [0.25, 0.3) is 11.8 Å². The highest BCUT2D eigenvalue weighted by atomic mass is 79.9. The summed E-state index contributed by atoms with van der Waals surface area (Å²) in [7, 11) is 0. The molecule has 0 N–H and O–H groups in total. The fourth-order valence-electron chi connectivity index (χ4n) is 1.92. The SMILES string of the molecule is O=C1c2cccnc2C(=O)N1c1ccccc1Br. The first kappa shape index (κ1) is 11.1. The molecule has 0 bridgehead atoms. The zero-order chi connectivity index (χ0) is 12.7. The van der Waals surface area contributed by atoms with Crippen molar-refractivity contribution in [2.45, 2.75) is 0 Å². The Kier molecular flexibility index (Phi) is 2.48. The Morgan fingerprint density at radius 3 is 2.50 bits per heavy atom. The molecule has 2 aromatic rings. The number of carbonyl (C=O) groups is 2. The Morgan fingerprint density at radius 1 is 1.00 bits per heavy atom. The van der Waals surface area contributed by atoms with Crippen molar-refractivity contribution in [2.24, 2.45) is 0 Å². The molecule has 1 aromatic carbocycles. The predicted octanol–water partition coefficient (Wildman–Crippen LogP) is 2.64. The average Bonchev–Trinajstić information content (AvgIpc) is 2.64. The highest BCUT2D eigenvalue weighted by Crippen LogP contribution is 2.32. The number of nitrogens with zero attached hydrogens (tertiary/aromatic N) is 2. The summed E-state index contributed by atoms with van der Waals surface area (Å²) in [4.78, 5) is 29.5. The second kappa shape index (κ2) is 4.03. The lowest BCUT2D eigenvalue weighted by Gasteiger charge is -2.14. The Morgan fingerprint density at radius 2 is 1.78 bits per heavy atom. The number of para-hydroxylation sites is 1. The number of aromatic nitrogens is 1. The number of carbonyl (C=O) groups excluding carboxylic acids is 2. The van der Waals surface area contributed by atoms with Crippen molar-refractivity contribution in [2.75, 3.05) is 4.90 Å². The van der Waals surface area contributed by atoms with E-state index >= 15 is 0 Å². The highest BCUT2D eigenvalue weighted by molar-refractivity contribution is 9.10. The van der Waals surface area contributed by atoms with Crippen molar-refractivity contribution in [3.63, 3.8) is 0 Å². The van der Waals surface area contributed by atoms with Crippen LogP contribution in [0.2, 0.25) is 0 Å². The lowest BCUT2D eigenvalue weighted by molar-refractivity contribution is 0.0924. The topological polar surface area (TPSA) is 50.3 Å². The first-order chi connectivity index (χ1) is 8.70. The van der Waals surface area contributed by atoms with Crippen molar-refractivity contribution in [3.8, 4) is 0 Å². The highest BCUT2D eigenvalue weighted by Gasteiger charge is 2.38. The van der Waals surface area contributed by atoms with Crippen LogP contribution in [-0.2, 0) is 0 Å². The fraction of sp³-hybridized carbons (Fsp3) is 0. The second-order valence-corrected chi connectivity index (χ2v) is 4.65. The van der Waals surface area contributed by atoms with E-state index in [1.165, 1.54) is 6.20 Å². The predicted molar refractivity (Wildman–Crippen MR) is 69.5 cm³/mol. The van der Waals surface area contributed by atoms with Crippen LogP contribution in [0.3, 0.4) is 0 Å². The van der Waals surface area contributed by atoms with E-state index in [4.69, 9.17) is 0 Å². The lowest BCUT2D eigenvalue weighted by atomic mass is 10.2. The Labute approximate surface area is 111 Å². The van der Waals surface area contributed by atoms with E-state index in [0.717, 1.165) is 4.90 Å². The third-order valence-corrected chi connectivity index (χ3v) is 3.41. The molecule has 0 atom stereocenters. The minimum Gasteiger partial charge on any atom is -0.268 e. The van der Waals surface area contributed by atoms with Crippen LogP contribution in [-0.4, -0.2) is 16.8 Å². The van der Waals surface area contributed by atoms with Gasteiger partial charge in [-0.25, -0.2) is 4.90 Å². The summed E-state index contributed by atoms with van der Waals surface area (Å²) in [5.41, 5.74) is 1.09. The van der Waals surface area contributed by atoms with Crippen LogP contribution < -0.4 is 4.90 Å². The maximum absolute atomic E-state index is 12.2. The van der Waals surface area contributed by atoms with Crippen molar-refractivity contribution in [3.05, 3.63) is 58.3 Å². The van der Waals surface area contributed by atoms with Gasteiger partial charge in [-0.2, -0.15) is 0 Å². The molecule has 0 saturated carbocycles. The third-order valence-electron chi connectivity index (χ3n) is 2.74. The molecular formula is C13H7BrN2O2. The normalized spacial score (nSPS) is 13.9. The quantitative estimate of drug-likeness (QED) is 0.761. The molecule has 1 aliphatic heterocycles. The third kappa shape index (κ3) is 1.48. The van der Waals surface area contributed by atoms with Crippen LogP contribution in [0.5, 0.6) is 0 Å². The van der Waals surface area contributed by atoms with E-state index in [9.17, 15) is 9.59 Å². The van der Waals surface area contributed by atoms with Gasteiger partial charge in [-0.1, -0.05) is 12.1 Å². The van der Waals surface area contributed by atoms with Crippen LogP contribution in [0, 0.1) is 0 Å². The van der Waals surface area contributed by atoms with E-state index in [0.29, 0.717) is 15.7 Å². The first-order valence-corrected chi connectivity index (χ1v) is 6.08. The van der Waals surface area contributed by atoms with Crippen LogP contribution in [0.15, 0.2) is 47.1 Å². The number of pyridine rings is 1. The maximum atomic E-state index is 12.2. The van der Waals surface area contributed by atoms with E-state index in [1.807, 2.05) is 6.07 Å². The monoisotopic (exact) mass is 302 g/mol. The van der Waals surface area contributed by atoms with Gasteiger partial charge in [0.15, 0.2) is 0 Å². The molecule has 88 valence electrons. The number of rotatable bonds is 1. The number of amides is 2. The van der Waals surface area contributed by atoms with Gasteiger partial charge in [-0.05, 0) is 40.2 Å². The summed E-state index contributed by atoms with van der Waals surface area (Å²) in [5, 5.41) is 0. The second-order valence-electron chi connectivity index (χ2n) is 3.80. The lowest BCUT2D eigenvalue weighted by Crippen LogP contribution is -2.29. The minimum absolute atomic E-state index is 0.207. The molecule has 2 amide bonds. The van der Waals surface area contributed by atoms with Gasteiger partial charge in [-0.3, -0.25) is 14.6 Å². The molecule has 2 heterocycles. The maximum Gasteiger partial charge on any atom is 0.284 e. The van der Waals surface area contributed by atoms with E-state index in [2.05, 4.69) is 20.9 Å². The number of halogens is 1. The van der Waals surface area contributed by atoms with Gasteiger partial charge in [0.2, 0.25) is 0 Å². The fourth-order valence-corrected chi connectivity index (χ4v) is 2.38. The zero-order valence-corrected chi connectivity index (χ0v) is 10.7. The number of imide groups is 1. The van der Waals surface area contributed by atoms with Gasteiger partial charge in [-0.15, -0.1) is 0 Å². The molecule has 1 aliphatic rings. The molecule has 3 rings (SSSR count). The molecule has 0 aliphatic carbocycles. The van der Waals surface area contributed by atoms with E-state index in [1.54, 1.807) is 30.3 Å². The standard InChI is InChI=1S/C13H7BrN2O2/c14-9-5-1-2-6-10(9)16-12(17)8-4-3-7-15-11(8)13(16)18/h1-7H. The van der Waals surface area contributed by atoms with Gasteiger partial charge >= 0.3 is 0 Å². The summed E-state index contributed by atoms with van der Waals surface area (Å²) < 4.78 is 0.694. The first-order valence-electron chi connectivity index (χ1n) is 5.28. The number of fused-ring (bicyclic) bond motifs is 1. The van der Waals surface area contributed by atoms with Gasteiger partial charge in [0.05, 0.1) is 11.3 Å². The summed E-state index contributed by atoms with van der Waals surface area (Å²) in [6, 6.07) is 10.4. The molecule has 0 fully saturated rings. The number of hydrogen-bond donors (Lipinski definition) is 0. The summed E-state index contributed by atoms with van der Waals surface area (Å²) >= 11 is 3.34.